The molecule has 0 aliphatic rings. The lowest BCUT2D eigenvalue weighted by atomic mass is 10.2. The minimum atomic E-state index is -0.413. The predicted molar refractivity (Wildman–Crippen MR) is 68.9 cm³/mol. The molecular formula is C13H14FN3O. The Hall–Kier alpha value is -2.30. The van der Waals surface area contributed by atoms with Gasteiger partial charge in [-0.05, 0) is 12.1 Å². The summed E-state index contributed by atoms with van der Waals surface area (Å²) < 4.78 is 18.7. The van der Waals surface area contributed by atoms with Gasteiger partial charge in [-0.25, -0.2) is 4.39 Å². The minimum Gasteiger partial charge on any atom is -0.495 e. The van der Waals surface area contributed by atoms with Crippen LogP contribution in [0.25, 0.3) is 0 Å². The average Bonchev–Trinajstić information content (AvgIpc) is 2.39. The summed E-state index contributed by atoms with van der Waals surface area (Å²) in [4.78, 5) is 4.14. The second kappa shape index (κ2) is 5.35. The summed E-state index contributed by atoms with van der Waals surface area (Å²) in [5, 5.41) is 2.96. The molecule has 0 amide bonds. The van der Waals surface area contributed by atoms with Gasteiger partial charge in [0.1, 0.15) is 11.6 Å². The van der Waals surface area contributed by atoms with Crippen molar-refractivity contribution in [2.24, 2.45) is 0 Å². The molecule has 2 rings (SSSR count). The van der Waals surface area contributed by atoms with E-state index in [2.05, 4.69) is 10.3 Å². The zero-order valence-electron chi connectivity index (χ0n) is 9.98. The second-order valence-corrected chi connectivity index (χ2v) is 3.75. The lowest BCUT2D eigenvalue weighted by molar-refractivity contribution is 0.416. The summed E-state index contributed by atoms with van der Waals surface area (Å²) in [7, 11) is 1.49. The van der Waals surface area contributed by atoms with E-state index in [0.717, 1.165) is 5.69 Å². The number of nitrogen functional groups attached to an aromatic ring is 1. The van der Waals surface area contributed by atoms with Gasteiger partial charge < -0.3 is 15.8 Å². The molecule has 0 spiro atoms. The number of halogens is 1. The molecule has 5 heteroatoms. The van der Waals surface area contributed by atoms with Gasteiger partial charge >= 0.3 is 0 Å². The van der Waals surface area contributed by atoms with E-state index in [1.54, 1.807) is 6.20 Å². The molecule has 18 heavy (non-hydrogen) atoms. The first kappa shape index (κ1) is 12.2. The third-order valence-corrected chi connectivity index (χ3v) is 2.51. The largest absolute Gasteiger partial charge is 0.495 e. The molecule has 0 saturated heterocycles. The molecule has 94 valence electrons. The van der Waals surface area contributed by atoms with Crippen LogP contribution in [0.2, 0.25) is 0 Å². The molecule has 0 bridgehead atoms. The van der Waals surface area contributed by atoms with Crippen molar-refractivity contribution in [1.29, 1.82) is 0 Å². The number of ether oxygens (including phenoxy) is 1. The summed E-state index contributed by atoms with van der Waals surface area (Å²) in [6.07, 6.45) is 1.69. The lowest BCUT2D eigenvalue weighted by Crippen LogP contribution is -2.04. The quantitative estimate of drug-likeness (QED) is 0.814. The fourth-order valence-electron chi connectivity index (χ4n) is 1.57. The van der Waals surface area contributed by atoms with Gasteiger partial charge in [-0.3, -0.25) is 4.98 Å². The first-order chi connectivity index (χ1) is 8.70. The van der Waals surface area contributed by atoms with Crippen LogP contribution in [0, 0.1) is 5.82 Å². The zero-order chi connectivity index (χ0) is 13.0. The average molecular weight is 247 g/mol. The number of anilines is 2. The van der Waals surface area contributed by atoms with E-state index >= 15 is 0 Å². The van der Waals surface area contributed by atoms with E-state index in [4.69, 9.17) is 10.5 Å². The Morgan fingerprint density at radius 1 is 1.39 bits per heavy atom. The molecule has 0 radical (unpaired) electrons. The fourth-order valence-corrected chi connectivity index (χ4v) is 1.57. The summed E-state index contributed by atoms with van der Waals surface area (Å²) in [6.45, 7) is 0.435. The summed E-state index contributed by atoms with van der Waals surface area (Å²) in [5.74, 6) is 0.0316. The maximum Gasteiger partial charge on any atom is 0.148 e. The fraction of sp³-hybridized carbons (Fsp3) is 0.154. The van der Waals surface area contributed by atoms with Crippen LogP contribution >= 0.6 is 0 Å². The van der Waals surface area contributed by atoms with Crippen LogP contribution in [-0.4, -0.2) is 12.1 Å². The summed E-state index contributed by atoms with van der Waals surface area (Å²) in [5.41, 5.74) is 7.05. The number of nitrogens with zero attached hydrogens (tertiary/aromatic N) is 1. The number of nitrogens with two attached hydrogens (primary N) is 1. The number of hydrogen-bond donors (Lipinski definition) is 2. The third-order valence-electron chi connectivity index (χ3n) is 2.51. The van der Waals surface area contributed by atoms with Crippen LogP contribution < -0.4 is 15.8 Å². The van der Waals surface area contributed by atoms with Crippen molar-refractivity contribution >= 4 is 11.4 Å². The Kier molecular flexibility index (Phi) is 3.62. The number of methoxy groups -OCH3 is 1. The van der Waals surface area contributed by atoms with Gasteiger partial charge in [-0.15, -0.1) is 0 Å². The van der Waals surface area contributed by atoms with Crippen LogP contribution in [0.5, 0.6) is 5.75 Å². The monoisotopic (exact) mass is 247 g/mol. The standard InChI is InChI=1S/C13H14FN3O/c1-18-13-7-12(10(14)6-11(13)15)17-8-9-4-2-3-5-16-9/h2-7,17H,8,15H2,1H3. The Bertz CT molecular complexity index is 531. The number of pyridine rings is 1. The molecule has 1 aromatic heterocycles. The third kappa shape index (κ3) is 2.68. The predicted octanol–water partition coefficient (Wildman–Crippen LogP) is 2.42. The van der Waals surface area contributed by atoms with Crippen molar-refractivity contribution < 1.29 is 9.13 Å². The molecule has 0 aliphatic carbocycles. The van der Waals surface area contributed by atoms with Crippen molar-refractivity contribution in [3.05, 3.63) is 48.0 Å². The molecule has 2 aromatic rings. The molecule has 3 N–H and O–H groups in total. The topological polar surface area (TPSA) is 60.2 Å². The molecule has 1 aromatic carbocycles. The lowest BCUT2D eigenvalue weighted by Gasteiger charge is -2.11. The van der Waals surface area contributed by atoms with E-state index < -0.39 is 5.82 Å². The maximum atomic E-state index is 13.7. The summed E-state index contributed by atoms with van der Waals surface area (Å²) in [6, 6.07) is 8.34. The van der Waals surface area contributed by atoms with Crippen molar-refractivity contribution in [2.45, 2.75) is 6.54 Å². The summed E-state index contributed by atoms with van der Waals surface area (Å²) >= 11 is 0. The Morgan fingerprint density at radius 3 is 2.89 bits per heavy atom. The normalized spacial score (nSPS) is 10.1. The van der Waals surface area contributed by atoms with E-state index in [-0.39, 0.29) is 5.69 Å². The van der Waals surface area contributed by atoms with Gasteiger partial charge in [0.25, 0.3) is 0 Å². The SMILES string of the molecule is COc1cc(NCc2ccccn2)c(F)cc1N. The van der Waals surface area contributed by atoms with Crippen molar-refractivity contribution in [2.75, 3.05) is 18.2 Å². The number of rotatable bonds is 4. The smallest absolute Gasteiger partial charge is 0.148 e. The van der Waals surface area contributed by atoms with Crippen LogP contribution in [0.1, 0.15) is 5.69 Å². The van der Waals surface area contributed by atoms with Gasteiger partial charge in [0.15, 0.2) is 0 Å². The zero-order valence-corrected chi connectivity index (χ0v) is 9.98. The molecule has 4 nitrogen and oxygen atoms in total. The van der Waals surface area contributed by atoms with Crippen molar-refractivity contribution in [3.8, 4) is 5.75 Å². The Morgan fingerprint density at radius 2 is 2.22 bits per heavy atom. The Balaban J connectivity index is 2.14. The first-order valence-corrected chi connectivity index (χ1v) is 5.47. The van der Waals surface area contributed by atoms with E-state index in [9.17, 15) is 4.39 Å². The Labute approximate surface area is 105 Å². The van der Waals surface area contributed by atoms with Gasteiger partial charge in [0.05, 0.1) is 30.7 Å². The molecule has 0 saturated carbocycles. The van der Waals surface area contributed by atoms with Crippen LogP contribution in [0.3, 0.4) is 0 Å². The highest BCUT2D eigenvalue weighted by molar-refractivity contribution is 5.62. The van der Waals surface area contributed by atoms with E-state index in [0.29, 0.717) is 18.0 Å². The molecule has 0 unspecified atom stereocenters. The van der Waals surface area contributed by atoms with Gasteiger partial charge in [-0.2, -0.15) is 0 Å². The molecular weight excluding hydrogens is 233 g/mol. The van der Waals surface area contributed by atoms with Gasteiger partial charge in [0, 0.05) is 18.3 Å². The van der Waals surface area contributed by atoms with E-state index in [1.807, 2.05) is 18.2 Å². The number of aromatic nitrogens is 1. The van der Waals surface area contributed by atoms with Crippen LogP contribution in [0.4, 0.5) is 15.8 Å². The molecule has 0 atom stereocenters. The number of nitrogens with one attached hydrogen (secondary N) is 1. The van der Waals surface area contributed by atoms with Crippen molar-refractivity contribution in [3.63, 3.8) is 0 Å². The van der Waals surface area contributed by atoms with Crippen LogP contribution in [0.15, 0.2) is 36.5 Å². The van der Waals surface area contributed by atoms with Crippen molar-refractivity contribution in [1.82, 2.24) is 4.98 Å². The minimum absolute atomic E-state index is 0.276. The number of benzene rings is 1. The highest BCUT2D eigenvalue weighted by atomic mass is 19.1. The highest BCUT2D eigenvalue weighted by Crippen LogP contribution is 2.28. The maximum absolute atomic E-state index is 13.7. The first-order valence-electron chi connectivity index (χ1n) is 5.47. The molecule has 0 aliphatic heterocycles. The highest BCUT2D eigenvalue weighted by Gasteiger charge is 2.08. The van der Waals surface area contributed by atoms with Gasteiger partial charge in [-0.1, -0.05) is 6.07 Å². The van der Waals surface area contributed by atoms with Crippen LogP contribution in [-0.2, 0) is 6.54 Å². The van der Waals surface area contributed by atoms with Gasteiger partial charge in [0.2, 0.25) is 0 Å². The number of hydrogen-bond acceptors (Lipinski definition) is 4. The van der Waals surface area contributed by atoms with E-state index in [1.165, 1.54) is 19.2 Å². The molecule has 1 heterocycles. The second-order valence-electron chi connectivity index (χ2n) is 3.75. The molecule has 0 fully saturated rings.